The van der Waals surface area contributed by atoms with E-state index in [1.165, 1.54) is 12.8 Å². The van der Waals surface area contributed by atoms with Gasteiger partial charge < -0.3 is 15.5 Å². The molecule has 2 fully saturated rings. The maximum absolute atomic E-state index is 13.0. The summed E-state index contributed by atoms with van der Waals surface area (Å²) in [6, 6.07) is 5.72. The van der Waals surface area contributed by atoms with E-state index < -0.39 is 6.04 Å². The van der Waals surface area contributed by atoms with Gasteiger partial charge in [-0.3, -0.25) is 19.7 Å². The van der Waals surface area contributed by atoms with E-state index in [1.54, 1.807) is 4.90 Å². The second-order valence-electron chi connectivity index (χ2n) is 9.08. The van der Waals surface area contributed by atoms with E-state index >= 15 is 0 Å². The lowest BCUT2D eigenvalue weighted by Gasteiger charge is -2.34. The number of carbonyl (C=O) groups is 3. The maximum atomic E-state index is 13.0. The van der Waals surface area contributed by atoms with Gasteiger partial charge in [-0.2, -0.15) is 0 Å². The van der Waals surface area contributed by atoms with E-state index in [0.717, 1.165) is 24.2 Å². The SMILES string of the molecule is CC(C)C(NCc1cccc2c1CN(C1CCC(=O)NC1=O)C2=O)C1CCNCC1. The monoisotopic (exact) mass is 412 g/mol. The van der Waals surface area contributed by atoms with Crippen LogP contribution in [0.1, 0.15) is 61.0 Å². The zero-order valence-corrected chi connectivity index (χ0v) is 17.9. The summed E-state index contributed by atoms with van der Waals surface area (Å²) in [4.78, 5) is 38.4. The molecule has 3 aliphatic heterocycles. The van der Waals surface area contributed by atoms with Crippen molar-refractivity contribution >= 4 is 17.7 Å². The third-order valence-electron chi connectivity index (χ3n) is 6.82. The summed E-state index contributed by atoms with van der Waals surface area (Å²) in [5, 5.41) is 9.58. The summed E-state index contributed by atoms with van der Waals surface area (Å²) < 4.78 is 0. The smallest absolute Gasteiger partial charge is 0.255 e. The number of nitrogens with one attached hydrogen (secondary N) is 3. The Labute approximate surface area is 178 Å². The van der Waals surface area contributed by atoms with Crippen LogP contribution in [0.5, 0.6) is 0 Å². The molecule has 3 aliphatic rings. The average molecular weight is 413 g/mol. The van der Waals surface area contributed by atoms with Crippen LogP contribution in [0.3, 0.4) is 0 Å². The highest BCUT2D eigenvalue weighted by Crippen LogP contribution is 2.30. The van der Waals surface area contributed by atoms with Gasteiger partial charge in [0.25, 0.3) is 5.91 Å². The van der Waals surface area contributed by atoms with E-state index in [2.05, 4.69) is 35.9 Å². The number of amides is 3. The molecule has 0 aromatic heterocycles. The summed E-state index contributed by atoms with van der Waals surface area (Å²) in [6.07, 6.45) is 3.04. The first-order valence-corrected chi connectivity index (χ1v) is 11.1. The van der Waals surface area contributed by atoms with Crippen molar-refractivity contribution in [1.82, 2.24) is 20.9 Å². The number of imide groups is 1. The van der Waals surface area contributed by atoms with Crippen LogP contribution in [0.15, 0.2) is 18.2 Å². The molecular formula is C23H32N4O3. The van der Waals surface area contributed by atoms with Gasteiger partial charge in [-0.15, -0.1) is 0 Å². The minimum atomic E-state index is -0.568. The Kier molecular flexibility index (Phi) is 6.20. The number of hydrogen-bond acceptors (Lipinski definition) is 5. The Morgan fingerprint density at radius 2 is 1.90 bits per heavy atom. The predicted octanol–water partition coefficient (Wildman–Crippen LogP) is 1.56. The van der Waals surface area contributed by atoms with E-state index in [1.807, 2.05) is 12.1 Å². The van der Waals surface area contributed by atoms with Crippen LogP contribution in [0.4, 0.5) is 0 Å². The molecule has 3 amide bonds. The lowest BCUT2D eigenvalue weighted by molar-refractivity contribution is -0.136. The Morgan fingerprint density at radius 1 is 1.13 bits per heavy atom. The number of fused-ring (bicyclic) bond motifs is 1. The van der Waals surface area contributed by atoms with Gasteiger partial charge in [0, 0.05) is 31.1 Å². The summed E-state index contributed by atoms with van der Waals surface area (Å²) in [6.45, 7) is 7.83. The van der Waals surface area contributed by atoms with Crippen LogP contribution >= 0.6 is 0 Å². The van der Waals surface area contributed by atoms with Crippen LogP contribution in [0.2, 0.25) is 0 Å². The second kappa shape index (κ2) is 8.86. The fourth-order valence-corrected chi connectivity index (χ4v) is 5.19. The fourth-order valence-electron chi connectivity index (χ4n) is 5.19. The van der Waals surface area contributed by atoms with Crippen molar-refractivity contribution in [3.63, 3.8) is 0 Å². The van der Waals surface area contributed by atoms with E-state index in [-0.39, 0.29) is 24.1 Å². The molecule has 7 nitrogen and oxygen atoms in total. The zero-order chi connectivity index (χ0) is 21.3. The van der Waals surface area contributed by atoms with E-state index in [0.29, 0.717) is 43.0 Å². The first kappa shape index (κ1) is 21.0. The Balaban J connectivity index is 1.48. The number of hydrogen-bond donors (Lipinski definition) is 3. The molecule has 30 heavy (non-hydrogen) atoms. The largest absolute Gasteiger partial charge is 0.322 e. The topological polar surface area (TPSA) is 90.5 Å². The molecule has 0 bridgehead atoms. The Bertz CT molecular complexity index is 832. The van der Waals surface area contributed by atoms with Crippen LogP contribution in [-0.4, -0.2) is 47.8 Å². The van der Waals surface area contributed by atoms with E-state index in [9.17, 15) is 14.4 Å². The van der Waals surface area contributed by atoms with Gasteiger partial charge >= 0.3 is 0 Å². The molecular weight excluding hydrogens is 380 g/mol. The van der Waals surface area contributed by atoms with Crippen LogP contribution in [0.25, 0.3) is 0 Å². The number of carbonyl (C=O) groups excluding carboxylic acids is 3. The van der Waals surface area contributed by atoms with Crippen molar-refractivity contribution in [2.75, 3.05) is 13.1 Å². The summed E-state index contributed by atoms with van der Waals surface area (Å²) >= 11 is 0. The molecule has 0 aliphatic carbocycles. The van der Waals surface area contributed by atoms with Crippen LogP contribution in [-0.2, 0) is 22.7 Å². The molecule has 2 saturated heterocycles. The minimum Gasteiger partial charge on any atom is -0.322 e. The first-order chi connectivity index (χ1) is 14.5. The maximum Gasteiger partial charge on any atom is 0.255 e. The van der Waals surface area contributed by atoms with Gasteiger partial charge in [0.05, 0.1) is 0 Å². The highest BCUT2D eigenvalue weighted by molar-refractivity contribution is 6.05. The van der Waals surface area contributed by atoms with Crippen molar-refractivity contribution in [3.8, 4) is 0 Å². The van der Waals surface area contributed by atoms with E-state index in [4.69, 9.17) is 0 Å². The summed E-state index contributed by atoms with van der Waals surface area (Å²) in [5.74, 6) is 0.456. The molecule has 4 rings (SSSR count). The lowest BCUT2D eigenvalue weighted by Crippen LogP contribution is -2.52. The minimum absolute atomic E-state index is 0.111. The first-order valence-electron chi connectivity index (χ1n) is 11.1. The van der Waals surface area contributed by atoms with Crippen molar-refractivity contribution < 1.29 is 14.4 Å². The molecule has 2 atom stereocenters. The molecule has 0 spiro atoms. The fraction of sp³-hybridized carbons (Fsp3) is 0.609. The normalized spacial score (nSPS) is 23.6. The van der Waals surface area contributed by atoms with Gasteiger partial charge in [0.2, 0.25) is 11.8 Å². The van der Waals surface area contributed by atoms with Gasteiger partial charge in [-0.1, -0.05) is 26.0 Å². The highest BCUT2D eigenvalue weighted by Gasteiger charge is 2.39. The molecule has 162 valence electrons. The zero-order valence-electron chi connectivity index (χ0n) is 17.9. The average Bonchev–Trinajstić information content (AvgIpc) is 3.06. The molecule has 0 radical (unpaired) electrons. The number of rotatable bonds is 6. The third-order valence-corrected chi connectivity index (χ3v) is 6.82. The molecule has 7 heteroatoms. The van der Waals surface area contributed by atoms with Crippen molar-refractivity contribution in [2.24, 2.45) is 11.8 Å². The third kappa shape index (κ3) is 4.14. The van der Waals surface area contributed by atoms with Gasteiger partial charge in [-0.05, 0) is 61.4 Å². The molecule has 0 saturated carbocycles. The molecule has 3 heterocycles. The standard InChI is InChI=1S/C23H32N4O3/c1-14(2)21(15-8-10-24-11-9-15)25-12-16-4-3-5-17-18(16)13-27(23(17)30)19-6-7-20(28)26-22(19)29/h3-5,14-15,19,21,24-25H,6-13H2,1-2H3,(H,26,28,29). The van der Waals surface area contributed by atoms with Crippen molar-refractivity contribution in [3.05, 3.63) is 34.9 Å². The lowest BCUT2D eigenvalue weighted by atomic mass is 9.84. The van der Waals surface area contributed by atoms with Gasteiger partial charge in [0.15, 0.2) is 0 Å². The predicted molar refractivity (Wildman–Crippen MR) is 114 cm³/mol. The molecule has 3 N–H and O–H groups in total. The number of benzene rings is 1. The number of nitrogens with zero attached hydrogens (tertiary/aromatic N) is 1. The molecule has 1 aromatic rings. The van der Waals surface area contributed by atoms with Gasteiger partial charge in [0.1, 0.15) is 6.04 Å². The Hall–Kier alpha value is -2.25. The van der Waals surface area contributed by atoms with Crippen LogP contribution < -0.4 is 16.0 Å². The number of piperidine rings is 2. The molecule has 1 aromatic carbocycles. The summed E-state index contributed by atoms with van der Waals surface area (Å²) in [7, 11) is 0. The van der Waals surface area contributed by atoms with Crippen LogP contribution in [0, 0.1) is 11.8 Å². The summed E-state index contributed by atoms with van der Waals surface area (Å²) in [5.41, 5.74) is 2.81. The molecule has 2 unspecified atom stereocenters. The highest BCUT2D eigenvalue weighted by atomic mass is 16.2. The Morgan fingerprint density at radius 3 is 2.60 bits per heavy atom. The van der Waals surface area contributed by atoms with Crippen molar-refractivity contribution in [2.45, 2.75) is 64.7 Å². The van der Waals surface area contributed by atoms with Gasteiger partial charge in [-0.25, -0.2) is 0 Å². The second-order valence-corrected chi connectivity index (χ2v) is 9.08. The van der Waals surface area contributed by atoms with Crippen molar-refractivity contribution in [1.29, 1.82) is 0 Å². The quantitative estimate of drug-likeness (QED) is 0.617.